The molecule has 0 amide bonds. The van der Waals surface area contributed by atoms with Gasteiger partial charge in [-0.05, 0) is 49.7 Å². The molecule has 2 aromatic carbocycles. The molecule has 0 saturated carbocycles. The first-order valence-corrected chi connectivity index (χ1v) is 11.7. The summed E-state index contributed by atoms with van der Waals surface area (Å²) in [6, 6.07) is 16.9. The van der Waals surface area contributed by atoms with Crippen LogP contribution >= 0.6 is 11.6 Å². The molecule has 0 aliphatic carbocycles. The minimum atomic E-state index is -0.226. The van der Waals surface area contributed by atoms with Gasteiger partial charge in [0, 0.05) is 34.1 Å². The molecule has 1 N–H and O–H groups in total. The highest BCUT2D eigenvalue weighted by molar-refractivity contribution is 6.31. The van der Waals surface area contributed by atoms with Gasteiger partial charge in [-0.25, -0.2) is 9.97 Å². The molecule has 0 aliphatic rings. The molecule has 0 radical (unpaired) electrons. The fourth-order valence-corrected chi connectivity index (χ4v) is 4.24. The van der Waals surface area contributed by atoms with Gasteiger partial charge in [-0.1, -0.05) is 29.8 Å². The number of nitrogens with one attached hydrogen (secondary N) is 1. The van der Waals surface area contributed by atoms with Gasteiger partial charge in [-0.2, -0.15) is 10.4 Å². The molecule has 178 valence electrons. The van der Waals surface area contributed by atoms with Crippen LogP contribution in [0.25, 0.3) is 22.3 Å². The van der Waals surface area contributed by atoms with Crippen molar-refractivity contribution in [2.45, 2.75) is 26.3 Å². The summed E-state index contributed by atoms with van der Waals surface area (Å²) >= 11 is 6.28. The van der Waals surface area contributed by atoms with E-state index < -0.39 is 0 Å². The number of halogens is 1. The third kappa shape index (κ3) is 4.21. The highest BCUT2D eigenvalue weighted by Crippen LogP contribution is 2.30. The number of nitriles is 1. The third-order valence-corrected chi connectivity index (χ3v) is 6.52. The van der Waals surface area contributed by atoms with Crippen LogP contribution in [0.3, 0.4) is 0 Å². The summed E-state index contributed by atoms with van der Waals surface area (Å²) in [5.74, 6) is -0.226. The number of hydrogen-bond acceptors (Lipinski definition) is 6. The van der Waals surface area contributed by atoms with E-state index in [0.717, 1.165) is 22.2 Å². The minimum absolute atomic E-state index is 0.0561. The molecule has 0 spiro atoms. The van der Waals surface area contributed by atoms with E-state index in [-0.39, 0.29) is 11.9 Å². The van der Waals surface area contributed by atoms with Gasteiger partial charge in [-0.3, -0.25) is 14.0 Å². The van der Waals surface area contributed by atoms with Gasteiger partial charge in [0.15, 0.2) is 5.65 Å². The summed E-state index contributed by atoms with van der Waals surface area (Å²) in [5.41, 5.74) is 4.84. The van der Waals surface area contributed by atoms with Crippen LogP contribution in [0.2, 0.25) is 5.02 Å². The molecule has 0 bridgehead atoms. The second-order valence-electron chi connectivity index (χ2n) is 8.45. The van der Waals surface area contributed by atoms with Crippen LogP contribution < -0.4 is 5.32 Å². The van der Waals surface area contributed by atoms with Crippen molar-refractivity contribution in [3.8, 4) is 17.3 Å². The summed E-state index contributed by atoms with van der Waals surface area (Å²) in [7, 11) is 0. The van der Waals surface area contributed by atoms with E-state index >= 15 is 0 Å². The second kappa shape index (κ2) is 9.64. The van der Waals surface area contributed by atoms with E-state index in [1.54, 1.807) is 23.1 Å². The SMILES string of the molecule is Cc1c(Cl)cccc1Nc1ccccc1C(=O)n1ccc2c(-c3cnn([C@@H](C)CC#N)c3)ncnc21. The summed E-state index contributed by atoms with van der Waals surface area (Å²) in [6.45, 7) is 3.86. The number of fused-ring (bicyclic) bond motifs is 1. The Morgan fingerprint density at radius 1 is 1.14 bits per heavy atom. The maximum absolute atomic E-state index is 13.7. The number of nitrogens with zero attached hydrogens (tertiary/aromatic N) is 6. The first-order chi connectivity index (χ1) is 17.5. The first-order valence-electron chi connectivity index (χ1n) is 11.4. The van der Waals surface area contributed by atoms with E-state index in [9.17, 15) is 4.79 Å². The lowest BCUT2D eigenvalue weighted by atomic mass is 10.1. The summed E-state index contributed by atoms with van der Waals surface area (Å²) in [4.78, 5) is 22.5. The molecule has 36 heavy (non-hydrogen) atoms. The van der Waals surface area contributed by atoms with Crippen LogP contribution in [0.5, 0.6) is 0 Å². The molecule has 1 atom stereocenters. The van der Waals surface area contributed by atoms with Gasteiger partial charge in [0.25, 0.3) is 5.91 Å². The minimum Gasteiger partial charge on any atom is -0.355 e. The molecule has 8 nitrogen and oxygen atoms in total. The van der Waals surface area contributed by atoms with Crippen molar-refractivity contribution in [3.63, 3.8) is 0 Å². The zero-order valence-corrected chi connectivity index (χ0v) is 20.4. The van der Waals surface area contributed by atoms with Gasteiger partial charge in [0.05, 0.1) is 41.7 Å². The van der Waals surface area contributed by atoms with Crippen molar-refractivity contribution in [2.75, 3.05) is 5.32 Å². The fourth-order valence-electron chi connectivity index (χ4n) is 4.07. The van der Waals surface area contributed by atoms with Crippen molar-refractivity contribution in [1.82, 2.24) is 24.3 Å². The molecule has 3 heterocycles. The Bertz CT molecular complexity index is 1630. The number of para-hydroxylation sites is 1. The lowest BCUT2D eigenvalue weighted by Crippen LogP contribution is -2.13. The average Bonchev–Trinajstić information content (AvgIpc) is 3.55. The van der Waals surface area contributed by atoms with Crippen LogP contribution in [-0.4, -0.2) is 30.2 Å². The Labute approximate surface area is 212 Å². The Morgan fingerprint density at radius 2 is 1.94 bits per heavy atom. The number of carbonyl (C=O) groups is 1. The highest BCUT2D eigenvalue weighted by atomic mass is 35.5. The first kappa shape index (κ1) is 23.3. The van der Waals surface area contributed by atoms with Gasteiger partial charge >= 0.3 is 0 Å². The standard InChI is InChI=1S/C27H22ClN7O/c1-17(10-12-29)35-15-19(14-32-35)25-21-11-13-34(26(21)31-16-30-25)27(36)20-6-3-4-8-24(20)33-23-9-5-7-22(28)18(23)2/h3-9,11,13-17,33H,10H2,1-2H3/t17-/m0/s1. The predicted octanol–water partition coefficient (Wildman–Crippen LogP) is 6.16. The lowest BCUT2D eigenvalue weighted by Gasteiger charge is -2.14. The molecule has 3 aromatic heterocycles. The molecule has 0 aliphatic heterocycles. The Kier molecular flexibility index (Phi) is 6.23. The van der Waals surface area contributed by atoms with Crippen LogP contribution in [0.15, 0.2) is 73.4 Å². The van der Waals surface area contributed by atoms with Crippen molar-refractivity contribution in [3.05, 3.63) is 89.6 Å². The Balaban J connectivity index is 1.52. The van der Waals surface area contributed by atoms with E-state index in [0.29, 0.717) is 34.0 Å². The smallest absolute Gasteiger partial charge is 0.265 e. The van der Waals surface area contributed by atoms with Crippen molar-refractivity contribution in [2.24, 2.45) is 0 Å². The van der Waals surface area contributed by atoms with E-state index in [2.05, 4.69) is 26.5 Å². The largest absolute Gasteiger partial charge is 0.355 e. The molecule has 5 rings (SSSR count). The van der Waals surface area contributed by atoms with Gasteiger partial charge in [0.1, 0.15) is 6.33 Å². The van der Waals surface area contributed by atoms with Crippen molar-refractivity contribution >= 4 is 39.9 Å². The fraction of sp³-hybridized carbons (Fsp3) is 0.148. The van der Waals surface area contributed by atoms with Crippen LogP contribution in [-0.2, 0) is 0 Å². The van der Waals surface area contributed by atoms with Gasteiger partial charge < -0.3 is 5.32 Å². The topological polar surface area (TPSA) is 101 Å². The van der Waals surface area contributed by atoms with Gasteiger partial charge in [0.2, 0.25) is 0 Å². The molecular weight excluding hydrogens is 474 g/mol. The maximum Gasteiger partial charge on any atom is 0.265 e. The van der Waals surface area contributed by atoms with Crippen LogP contribution in [0, 0.1) is 18.3 Å². The van der Waals surface area contributed by atoms with Gasteiger partial charge in [-0.15, -0.1) is 0 Å². The zero-order chi connectivity index (χ0) is 25.2. The highest BCUT2D eigenvalue weighted by Gasteiger charge is 2.19. The molecule has 0 fully saturated rings. The number of hydrogen-bond donors (Lipinski definition) is 1. The number of aromatic nitrogens is 5. The monoisotopic (exact) mass is 495 g/mol. The Hall–Kier alpha value is -4.48. The van der Waals surface area contributed by atoms with Crippen molar-refractivity contribution < 1.29 is 4.79 Å². The zero-order valence-electron chi connectivity index (χ0n) is 19.7. The average molecular weight is 496 g/mol. The van der Waals surface area contributed by atoms with E-state index in [1.165, 1.54) is 10.9 Å². The molecule has 5 aromatic rings. The number of carbonyl (C=O) groups excluding carboxylic acids is 1. The summed E-state index contributed by atoms with van der Waals surface area (Å²) < 4.78 is 3.27. The predicted molar refractivity (Wildman–Crippen MR) is 139 cm³/mol. The number of benzene rings is 2. The molecule has 0 unspecified atom stereocenters. The third-order valence-electron chi connectivity index (χ3n) is 6.11. The summed E-state index contributed by atoms with van der Waals surface area (Å²) in [6.07, 6.45) is 7.07. The normalized spacial score (nSPS) is 11.8. The van der Waals surface area contributed by atoms with Crippen LogP contribution in [0.1, 0.15) is 35.3 Å². The van der Waals surface area contributed by atoms with Crippen molar-refractivity contribution in [1.29, 1.82) is 5.26 Å². The second-order valence-corrected chi connectivity index (χ2v) is 8.86. The van der Waals surface area contributed by atoms with E-state index in [4.69, 9.17) is 16.9 Å². The molecule has 9 heteroatoms. The van der Waals surface area contributed by atoms with E-state index in [1.807, 2.05) is 62.5 Å². The Morgan fingerprint density at radius 3 is 2.78 bits per heavy atom. The number of anilines is 2. The maximum atomic E-state index is 13.7. The number of rotatable bonds is 6. The van der Waals surface area contributed by atoms with Crippen LogP contribution in [0.4, 0.5) is 11.4 Å². The molecule has 0 saturated heterocycles. The molecular formula is C27H22ClN7O. The summed E-state index contributed by atoms with van der Waals surface area (Å²) in [5, 5.41) is 18.1. The lowest BCUT2D eigenvalue weighted by molar-refractivity contribution is 0.0965. The quantitative estimate of drug-likeness (QED) is 0.302.